The van der Waals surface area contributed by atoms with Gasteiger partial charge in [0, 0.05) is 24.9 Å². The number of urea groups is 1. The molecule has 0 radical (unpaired) electrons. The molecule has 3 heterocycles. The van der Waals surface area contributed by atoms with Crippen LogP contribution in [0.5, 0.6) is 0 Å². The van der Waals surface area contributed by atoms with Gasteiger partial charge in [-0.2, -0.15) is 5.10 Å². The van der Waals surface area contributed by atoms with Crippen LogP contribution in [0.4, 0.5) is 10.5 Å². The molecule has 1 N–H and O–H groups in total. The second kappa shape index (κ2) is 8.48. The fraction of sp³-hybridized carbons (Fsp3) is 0.381. The third kappa shape index (κ3) is 4.65. The first kappa shape index (κ1) is 19.2. The van der Waals surface area contributed by atoms with Gasteiger partial charge in [-0.3, -0.25) is 4.68 Å². The number of hydrogen-bond donors (Lipinski definition) is 1. The van der Waals surface area contributed by atoms with E-state index in [-0.39, 0.29) is 6.03 Å². The molecule has 0 spiro atoms. The molecule has 1 fully saturated rings. The number of anilines is 1. The predicted octanol–water partition coefficient (Wildman–Crippen LogP) is 3.47. The Kier molecular flexibility index (Phi) is 5.62. The van der Waals surface area contributed by atoms with Crippen LogP contribution in [-0.4, -0.2) is 58.0 Å². The highest BCUT2D eigenvalue weighted by atomic mass is 16.5. The highest BCUT2D eigenvalue weighted by Crippen LogP contribution is 2.23. The molecule has 1 aliphatic heterocycles. The SMILES string of the molecule is CN1CCC(n2cc(NC(=O)N(C)Cc3cc(-c4ccccc4)on3)cn2)CC1. The highest BCUT2D eigenvalue weighted by Gasteiger charge is 2.20. The molecule has 3 aromatic rings. The average Bonchev–Trinajstić information content (AvgIpc) is 3.39. The molecule has 1 aliphatic rings. The lowest BCUT2D eigenvalue weighted by Crippen LogP contribution is -2.32. The van der Waals surface area contributed by atoms with Crippen LogP contribution >= 0.6 is 0 Å². The lowest BCUT2D eigenvalue weighted by molar-refractivity contribution is 0.212. The number of carbonyl (C=O) groups excluding carboxylic acids is 1. The van der Waals surface area contributed by atoms with Gasteiger partial charge in [-0.15, -0.1) is 0 Å². The molecule has 0 saturated carbocycles. The molecule has 2 aromatic heterocycles. The Bertz CT molecular complexity index is 943. The standard InChI is InChI=1S/C21H26N6O2/c1-25-10-8-19(9-11-25)27-15-18(13-22-27)23-21(28)26(2)14-17-12-20(29-24-17)16-6-4-3-5-7-16/h3-7,12-13,15,19H,8-11,14H2,1-2H3,(H,23,28). The summed E-state index contributed by atoms with van der Waals surface area (Å²) in [7, 11) is 3.87. The Morgan fingerprint density at radius 3 is 2.79 bits per heavy atom. The number of nitrogens with zero attached hydrogens (tertiary/aromatic N) is 5. The van der Waals surface area contributed by atoms with Crippen molar-refractivity contribution in [3.8, 4) is 11.3 Å². The lowest BCUT2D eigenvalue weighted by Gasteiger charge is -2.28. The fourth-order valence-corrected chi connectivity index (χ4v) is 3.52. The molecule has 2 amide bonds. The summed E-state index contributed by atoms with van der Waals surface area (Å²) in [5.74, 6) is 0.689. The van der Waals surface area contributed by atoms with E-state index < -0.39 is 0 Å². The molecule has 8 heteroatoms. The molecule has 4 rings (SSSR count). The largest absolute Gasteiger partial charge is 0.356 e. The van der Waals surface area contributed by atoms with Crippen LogP contribution in [0, 0.1) is 0 Å². The van der Waals surface area contributed by atoms with Gasteiger partial charge in [0.15, 0.2) is 5.76 Å². The molecule has 0 unspecified atom stereocenters. The Balaban J connectivity index is 1.33. The van der Waals surface area contributed by atoms with Crippen molar-refractivity contribution < 1.29 is 9.32 Å². The van der Waals surface area contributed by atoms with Crippen LogP contribution in [0.2, 0.25) is 0 Å². The van der Waals surface area contributed by atoms with Gasteiger partial charge in [0.1, 0.15) is 5.69 Å². The number of carbonyl (C=O) groups is 1. The molecule has 0 atom stereocenters. The van der Waals surface area contributed by atoms with Gasteiger partial charge in [-0.1, -0.05) is 35.5 Å². The number of amides is 2. The first-order valence-electron chi connectivity index (χ1n) is 9.84. The van der Waals surface area contributed by atoms with Gasteiger partial charge in [0.05, 0.1) is 24.5 Å². The lowest BCUT2D eigenvalue weighted by atomic mass is 10.1. The third-order valence-corrected chi connectivity index (χ3v) is 5.28. The van der Waals surface area contributed by atoms with Gasteiger partial charge in [-0.05, 0) is 33.0 Å². The molecule has 152 valence electrons. The normalized spacial score (nSPS) is 15.4. The number of nitrogens with one attached hydrogen (secondary N) is 1. The maximum atomic E-state index is 12.5. The minimum atomic E-state index is -0.211. The minimum absolute atomic E-state index is 0.211. The summed E-state index contributed by atoms with van der Waals surface area (Å²) in [4.78, 5) is 16.4. The smallest absolute Gasteiger partial charge is 0.322 e. The van der Waals surface area contributed by atoms with E-state index in [1.165, 1.54) is 0 Å². The molecule has 0 aliphatic carbocycles. The first-order valence-corrected chi connectivity index (χ1v) is 9.84. The van der Waals surface area contributed by atoms with Crippen LogP contribution in [-0.2, 0) is 6.54 Å². The van der Waals surface area contributed by atoms with Gasteiger partial charge in [0.2, 0.25) is 0 Å². The molecule has 1 aromatic carbocycles. The van der Waals surface area contributed by atoms with Gasteiger partial charge >= 0.3 is 6.03 Å². The van der Waals surface area contributed by atoms with Crippen LogP contribution in [0.25, 0.3) is 11.3 Å². The summed E-state index contributed by atoms with van der Waals surface area (Å²) in [6.45, 7) is 2.49. The Labute approximate surface area is 170 Å². The van der Waals surface area contributed by atoms with Crippen molar-refractivity contribution in [3.63, 3.8) is 0 Å². The van der Waals surface area contributed by atoms with Crippen molar-refractivity contribution in [1.29, 1.82) is 0 Å². The Morgan fingerprint density at radius 1 is 1.28 bits per heavy atom. The fourth-order valence-electron chi connectivity index (χ4n) is 3.52. The molecule has 0 bridgehead atoms. The maximum Gasteiger partial charge on any atom is 0.322 e. The van der Waals surface area contributed by atoms with Gasteiger partial charge in [-0.25, -0.2) is 4.79 Å². The van der Waals surface area contributed by atoms with Crippen LogP contribution in [0.15, 0.2) is 53.3 Å². The van der Waals surface area contributed by atoms with E-state index in [9.17, 15) is 4.79 Å². The number of aromatic nitrogens is 3. The predicted molar refractivity (Wildman–Crippen MR) is 110 cm³/mol. The molecular weight excluding hydrogens is 368 g/mol. The molecule has 29 heavy (non-hydrogen) atoms. The molecule has 8 nitrogen and oxygen atoms in total. The van der Waals surface area contributed by atoms with Crippen LogP contribution in [0.3, 0.4) is 0 Å². The summed E-state index contributed by atoms with van der Waals surface area (Å²) in [6.07, 6.45) is 5.75. The van der Waals surface area contributed by atoms with Crippen molar-refractivity contribution in [2.45, 2.75) is 25.4 Å². The second-order valence-electron chi connectivity index (χ2n) is 7.58. The van der Waals surface area contributed by atoms with E-state index in [2.05, 4.69) is 27.5 Å². The van der Waals surface area contributed by atoms with Crippen molar-refractivity contribution in [3.05, 3.63) is 54.5 Å². The molecular formula is C21H26N6O2. The van der Waals surface area contributed by atoms with E-state index in [0.717, 1.165) is 31.5 Å². The number of hydrogen-bond acceptors (Lipinski definition) is 5. The van der Waals surface area contributed by atoms with E-state index in [1.54, 1.807) is 18.1 Å². The number of benzene rings is 1. The highest BCUT2D eigenvalue weighted by molar-refractivity contribution is 5.88. The van der Waals surface area contributed by atoms with Crippen molar-refractivity contribution in [2.75, 3.05) is 32.5 Å². The Hall–Kier alpha value is -3.13. The molecule has 1 saturated heterocycles. The summed E-state index contributed by atoms with van der Waals surface area (Å²) in [5, 5.41) is 11.4. The van der Waals surface area contributed by atoms with Crippen molar-refractivity contribution >= 4 is 11.7 Å². The number of rotatable bonds is 5. The minimum Gasteiger partial charge on any atom is -0.356 e. The topological polar surface area (TPSA) is 79.4 Å². The maximum absolute atomic E-state index is 12.5. The van der Waals surface area contributed by atoms with Crippen LogP contribution in [0.1, 0.15) is 24.6 Å². The summed E-state index contributed by atoms with van der Waals surface area (Å²) >= 11 is 0. The number of piperidine rings is 1. The zero-order chi connectivity index (χ0) is 20.2. The van der Waals surface area contributed by atoms with E-state index >= 15 is 0 Å². The van der Waals surface area contributed by atoms with Gasteiger partial charge in [0.25, 0.3) is 0 Å². The monoisotopic (exact) mass is 394 g/mol. The van der Waals surface area contributed by atoms with Crippen molar-refractivity contribution in [2.24, 2.45) is 0 Å². The number of likely N-dealkylation sites (tertiary alicyclic amines) is 1. The second-order valence-corrected chi connectivity index (χ2v) is 7.58. The quantitative estimate of drug-likeness (QED) is 0.717. The first-order chi connectivity index (χ1) is 14.1. The summed E-state index contributed by atoms with van der Waals surface area (Å²) in [5.41, 5.74) is 2.36. The Morgan fingerprint density at radius 2 is 2.03 bits per heavy atom. The van der Waals surface area contributed by atoms with E-state index in [1.807, 2.05) is 47.3 Å². The van der Waals surface area contributed by atoms with Crippen molar-refractivity contribution in [1.82, 2.24) is 24.7 Å². The van der Waals surface area contributed by atoms with Crippen LogP contribution < -0.4 is 5.32 Å². The van der Waals surface area contributed by atoms with E-state index in [0.29, 0.717) is 29.7 Å². The zero-order valence-corrected chi connectivity index (χ0v) is 16.8. The van der Waals surface area contributed by atoms with E-state index in [4.69, 9.17) is 4.52 Å². The average molecular weight is 394 g/mol. The zero-order valence-electron chi connectivity index (χ0n) is 16.8. The third-order valence-electron chi connectivity index (χ3n) is 5.28. The van der Waals surface area contributed by atoms with Gasteiger partial charge < -0.3 is 19.6 Å². The summed E-state index contributed by atoms with van der Waals surface area (Å²) in [6, 6.07) is 11.8. The summed E-state index contributed by atoms with van der Waals surface area (Å²) < 4.78 is 7.37.